The topological polar surface area (TPSA) is 61.0 Å². The first-order valence-corrected chi connectivity index (χ1v) is 9.53. The number of fused-ring (bicyclic) bond motifs is 1. The largest absolute Gasteiger partial charge is 0.354 e. The van der Waals surface area contributed by atoms with Crippen LogP contribution in [0.2, 0.25) is 5.02 Å². The Morgan fingerprint density at radius 1 is 1.19 bits per heavy atom. The number of para-hydroxylation sites is 2. The molecular formula is C21H25ClN4O. The number of nitrogens with zero attached hydrogens (tertiary/aromatic N) is 2. The molecule has 0 spiro atoms. The zero-order valence-corrected chi connectivity index (χ0v) is 16.5. The van der Waals surface area contributed by atoms with Gasteiger partial charge in [-0.1, -0.05) is 41.9 Å². The summed E-state index contributed by atoms with van der Waals surface area (Å²) in [7, 11) is 3.98. The van der Waals surface area contributed by atoms with Crippen LogP contribution in [0.25, 0.3) is 11.0 Å². The lowest BCUT2D eigenvalue weighted by atomic mass is 10.1. The number of nitrogens with one attached hydrogen (secondary N) is 2. The lowest BCUT2D eigenvalue weighted by molar-refractivity contribution is -0.121. The highest BCUT2D eigenvalue weighted by Crippen LogP contribution is 2.25. The number of aromatic nitrogens is 2. The number of carbonyl (C=O) groups is 1. The van der Waals surface area contributed by atoms with E-state index in [1.165, 1.54) is 0 Å². The number of hydrogen-bond donors (Lipinski definition) is 2. The molecule has 0 fully saturated rings. The van der Waals surface area contributed by atoms with Crippen LogP contribution in [0.1, 0.15) is 30.3 Å². The number of carbonyl (C=O) groups excluding carboxylic acids is 1. The lowest BCUT2D eigenvalue weighted by Crippen LogP contribution is -2.34. The number of likely N-dealkylation sites (N-methyl/N-ethyl adjacent to an activating group) is 1. The number of benzene rings is 2. The average molecular weight is 385 g/mol. The summed E-state index contributed by atoms with van der Waals surface area (Å²) >= 11 is 6.31. The maximum absolute atomic E-state index is 12.3. The van der Waals surface area contributed by atoms with Crippen molar-refractivity contribution in [2.24, 2.45) is 0 Å². The molecule has 1 atom stereocenters. The molecule has 1 aromatic heterocycles. The highest BCUT2D eigenvalue weighted by Gasteiger charge is 2.17. The van der Waals surface area contributed by atoms with E-state index in [2.05, 4.69) is 20.2 Å². The monoisotopic (exact) mass is 384 g/mol. The Hall–Kier alpha value is -2.37. The number of rotatable bonds is 8. The summed E-state index contributed by atoms with van der Waals surface area (Å²) in [5, 5.41) is 3.75. The third-order valence-electron chi connectivity index (χ3n) is 4.64. The van der Waals surface area contributed by atoms with E-state index >= 15 is 0 Å². The molecule has 0 radical (unpaired) electrons. The fourth-order valence-corrected chi connectivity index (χ4v) is 3.42. The van der Waals surface area contributed by atoms with E-state index in [9.17, 15) is 4.79 Å². The summed E-state index contributed by atoms with van der Waals surface area (Å²) < 4.78 is 0. The van der Waals surface area contributed by atoms with Crippen LogP contribution < -0.4 is 5.32 Å². The maximum atomic E-state index is 12.3. The molecule has 0 aliphatic carbocycles. The number of imidazole rings is 1. The predicted molar refractivity (Wildman–Crippen MR) is 110 cm³/mol. The van der Waals surface area contributed by atoms with Gasteiger partial charge in [0.15, 0.2) is 0 Å². The molecular weight excluding hydrogens is 360 g/mol. The number of aromatic amines is 1. The highest BCUT2D eigenvalue weighted by atomic mass is 35.5. The summed E-state index contributed by atoms with van der Waals surface area (Å²) in [5.41, 5.74) is 3.02. The van der Waals surface area contributed by atoms with Gasteiger partial charge in [0.25, 0.3) is 0 Å². The van der Waals surface area contributed by atoms with E-state index in [1.807, 2.05) is 62.6 Å². The smallest absolute Gasteiger partial charge is 0.220 e. The number of hydrogen-bond acceptors (Lipinski definition) is 3. The second-order valence-corrected chi connectivity index (χ2v) is 7.27. The second kappa shape index (κ2) is 9.02. The van der Waals surface area contributed by atoms with Gasteiger partial charge in [-0.3, -0.25) is 4.79 Å². The standard InChI is InChI=1S/C21H25ClN4O/c1-26(2)19(15-8-3-4-9-16(15)22)14-23-21(27)13-7-12-20-24-17-10-5-6-11-18(17)25-20/h3-6,8-11,19H,7,12-14H2,1-2H3,(H,23,27)(H,24,25). The van der Waals surface area contributed by atoms with Crippen molar-refractivity contribution in [2.45, 2.75) is 25.3 Å². The van der Waals surface area contributed by atoms with E-state index in [-0.39, 0.29) is 11.9 Å². The van der Waals surface area contributed by atoms with Gasteiger partial charge in [-0.25, -0.2) is 4.98 Å². The number of H-pyrrole nitrogens is 1. The van der Waals surface area contributed by atoms with Crippen molar-refractivity contribution in [3.05, 3.63) is 64.9 Å². The molecule has 1 heterocycles. The van der Waals surface area contributed by atoms with Crippen LogP contribution in [-0.4, -0.2) is 41.4 Å². The zero-order chi connectivity index (χ0) is 19.2. The van der Waals surface area contributed by atoms with Crippen LogP contribution in [0.5, 0.6) is 0 Å². The quantitative estimate of drug-likeness (QED) is 0.618. The van der Waals surface area contributed by atoms with Gasteiger partial charge >= 0.3 is 0 Å². The van der Waals surface area contributed by atoms with Gasteiger partial charge in [0, 0.05) is 24.4 Å². The summed E-state index contributed by atoms with van der Waals surface area (Å²) in [6, 6.07) is 15.7. The van der Waals surface area contributed by atoms with Crippen LogP contribution in [0.15, 0.2) is 48.5 Å². The first-order valence-electron chi connectivity index (χ1n) is 9.16. The SMILES string of the molecule is CN(C)C(CNC(=O)CCCc1nc2ccccc2[nH]1)c1ccccc1Cl. The minimum absolute atomic E-state index is 0.0398. The number of aryl methyl sites for hydroxylation is 1. The molecule has 0 aliphatic heterocycles. The minimum Gasteiger partial charge on any atom is -0.354 e. The summed E-state index contributed by atoms with van der Waals surface area (Å²) in [4.78, 5) is 22.2. The van der Waals surface area contributed by atoms with Crippen molar-refractivity contribution in [1.82, 2.24) is 20.2 Å². The molecule has 6 heteroatoms. The third kappa shape index (κ3) is 5.08. The molecule has 0 bridgehead atoms. The van der Waals surface area contributed by atoms with E-state index < -0.39 is 0 Å². The predicted octanol–water partition coefficient (Wildman–Crippen LogP) is 3.96. The van der Waals surface area contributed by atoms with Gasteiger partial charge in [0.05, 0.1) is 17.1 Å². The molecule has 0 aliphatic rings. The average Bonchev–Trinajstić information content (AvgIpc) is 3.06. The van der Waals surface area contributed by atoms with Crippen LogP contribution in [0.4, 0.5) is 0 Å². The van der Waals surface area contributed by atoms with E-state index in [4.69, 9.17) is 11.6 Å². The third-order valence-corrected chi connectivity index (χ3v) is 4.98. The number of amides is 1. The minimum atomic E-state index is 0.0398. The van der Waals surface area contributed by atoms with Crippen molar-refractivity contribution in [1.29, 1.82) is 0 Å². The molecule has 3 aromatic rings. The van der Waals surface area contributed by atoms with Crippen molar-refractivity contribution < 1.29 is 4.79 Å². The van der Waals surface area contributed by atoms with Crippen LogP contribution in [0, 0.1) is 0 Å². The molecule has 142 valence electrons. The fourth-order valence-electron chi connectivity index (χ4n) is 3.16. The number of halogens is 1. The van der Waals surface area contributed by atoms with Gasteiger partial charge in [-0.2, -0.15) is 0 Å². The molecule has 1 unspecified atom stereocenters. The van der Waals surface area contributed by atoms with Crippen LogP contribution in [-0.2, 0) is 11.2 Å². The Morgan fingerprint density at radius 3 is 2.67 bits per heavy atom. The summed E-state index contributed by atoms with van der Waals surface area (Å²) in [6.45, 7) is 0.528. The lowest BCUT2D eigenvalue weighted by Gasteiger charge is -2.26. The molecule has 0 saturated carbocycles. The van der Waals surface area contributed by atoms with Gasteiger partial charge in [-0.15, -0.1) is 0 Å². The molecule has 27 heavy (non-hydrogen) atoms. The van der Waals surface area contributed by atoms with Crippen molar-refractivity contribution in [2.75, 3.05) is 20.6 Å². The molecule has 0 saturated heterocycles. The van der Waals surface area contributed by atoms with E-state index in [0.717, 1.165) is 40.3 Å². The van der Waals surface area contributed by atoms with E-state index in [1.54, 1.807) is 0 Å². The highest BCUT2D eigenvalue weighted by molar-refractivity contribution is 6.31. The second-order valence-electron chi connectivity index (χ2n) is 6.86. The van der Waals surface area contributed by atoms with E-state index in [0.29, 0.717) is 13.0 Å². The molecule has 2 aromatic carbocycles. The maximum Gasteiger partial charge on any atom is 0.220 e. The van der Waals surface area contributed by atoms with Gasteiger partial charge < -0.3 is 15.2 Å². The molecule has 2 N–H and O–H groups in total. The van der Waals surface area contributed by atoms with Crippen molar-refractivity contribution >= 4 is 28.5 Å². The zero-order valence-electron chi connectivity index (χ0n) is 15.7. The Balaban J connectivity index is 1.49. The van der Waals surface area contributed by atoms with Crippen LogP contribution in [0.3, 0.4) is 0 Å². The van der Waals surface area contributed by atoms with Crippen LogP contribution >= 0.6 is 11.6 Å². The Morgan fingerprint density at radius 2 is 1.93 bits per heavy atom. The first kappa shape index (κ1) is 19.4. The Kier molecular flexibility index (Phi) is 6.48. The van der Waals surface area contributed by atoms with Gasteiger partial charge in [0.1, 0.15) is 5.82 Å². The van der Waals surface area contributed by atoms with Crippen molar-refractivity contribution in [3.63, 3.8) is 0 Å². The normalized spacial score (nSPS) is 12.4. The van der Waals surface area contributed by atoms with Gasteiger partial charge in [-0.05, 0) is 44.3 Å². The Bertz CT molecular complexity index is 873. The fraction of sp³-hybridized carbons (Fsp3) is 0.333. The summed E-state index contributed by atoms with van der Waals surface area (Å²) in [6.07, 6.45) is 1.98. The van der Waals surface area contributed by atoms with Crippen molar-refractivity contribution in [3.8, 4) is 0 Å². The molecule has 5 nitrogen and oxygen atoms in total. The first-order chi connectivity index (χ1) is 13.0. The Labute approximate surface area is 164 Å². The molecule has 1 amide bonds. The molecule has 3 rings (SSSR count). The van der Waals surface area contributed by atoms with Gasteiger partial charge in [0.2, 0.25) is 5.91 Å². The summed E-state index contributed by atoms with van der Waals surface area (Å²) in [5.74, 6) is 0.969.